The third-order valence-electron chi connectivity index (χ3n) is 6.42. The summed E-state index contributed by atoms with van der Waals surface area (Å²) in [5.41, 5.74) is 5.15. The lowest BCUT2D eigenvalue weighted by atomic mass is 9.87. The van der Waals surface area contributed by atoms with E-state index in [1.165, 1.54) is 12.1 Å². The van der Waals surface area contributed by atoms with Crippen molar-refractivity contribution in [1.29, 1.82) is 0 Å². The summed E-state index contributed by atoms with van der Waals surface area (Å²) < 4.78 is 39.2. The fourth-order valence-electron chi connectivity index (χ4n) is 4.45. The molecule has 0 aliphatic heterocycles. The van der Waals surface area contributed by atoms with Gasteiger partial charge in [-0.25, -0.2) is 0 Å². The number of alkyl halides is 3. The molecular weight excluding hydrogens is 485 g/mol. The maximum Gasteiger partial charge on any atom is 0.416 e. The summed E-state index contributed by atoms with van der Waals surface area (Å²) in [6.45, 7) is 3.94. The number of carboxylic acids is 1. The SMILES string of the molecule is CC(C)CC(C(=O)O)c1cc(/C=C/c2ccc(-c3ccccc3)cc2)cc(-c2ccc(C(F)(F)F)cc2)c1. The summed E-state index contributed by atoms with van der Waals surface area (Å²) >= 11 is 0. The molecule has 0 aliphatic carbocycles. The Labute approximate surface area is 221 Å². The van der Waals surface area contributed by atoms with Crippen molar-refractivity contribution in [3.05, 3.63) is 119 Å². The molecule has 1 atom stereocenters. The summed E-state index contributed by atoms with van der Waals surface area (Å²) in [6, 6.07) is 28.6. The van der Waals surface area contributed by atoms with Crippen LogP contribution in [0.1, 0.15) is 48.4 Å². The first-order valence-corrected chi connectivity index (χ1v) is 12.5. The number of rotatable bonds is 8. The van der Waals surface area contributed by atoms with E-state index in [-0.39, 0.29) is 5.92 Å². The van der Waals surface area contributed by atoms with Gasteiger partial charge in [-0.3, -0.25) is 4.79 Å². The number of carboxylic acid groups (broad SMARTS) is 1. The van der Waals surface area contributed by atoms with Crippen LogP contribution in [0.2, 0.25) is 0 Å². The number of halogens is 3. The van der Waals surface area contributed by atoms with Gasteiger partial charge in [0.1, 0.15) is 0 Å². The number of carbonyl (C=O) groups is 1. The van der Waals surface area contributed by atoms with Crippen LogP contribution in [0.5, 0.6) is 0 Å². The van der Waals surface area contributed by atoms with Gasteiger partial charge in [0.05, 0.1) is 11.5 Å². The lowest BCUT2D eigenvalue weighted by molar-refractivity contribution is -0.139. The molecule has 38 heavy (non-hydrogen) atoms. The van der Waals surface area contributed by atoms with E-state index in [1.54, 1.807) is 6.07 Å². The maximum atomic E-state index is 13.1. The van der Waals surface area contributed by atoms with E-state index >= 15 is 0 Å². The average molecular weight is 515 g/mol. The number of aliphatic carboxylic acids is 1. The Morgan fingerprint density at radius 2 is 1.29 bits per heavy atom. The minimum absolute atomic E-state index is 0.160. The van der Waals surface area contributed by atoms with E-state index in [0.717, 1.165) is 34.4 Å². The van der Waals surface area contributed by atoms with Crippen molar-refractivity contribution in [1.82, 2.24) is 0 Å². The molecule has 2 nitrogen and oxygen atoms in total. The van der Waals surface area contributed by atoms with E-state index in [4.69, 9.17) is 0 Å². The molecule has 194 valence electrons. The molecule has 4 aromatic rings. The first-order chi connectivity index (χ1) is 18.1. The monoisotopic (exact) mass is 514 g/mol. The normalized spacial score (nSPS) is 12.7. The molecule has 0 saturated heterocycles. The van der Waals surface area contributed by atoms with Crippen molar-refractivity contribution in [2.24, 2.45) is 5.92 Å². The highest BCUT2D eigenvalue weighted by atomic mass is 19.4. The van der Waals surface area contributed by atoms with Crippen LogP contribution >= 0.6 is 0 Å². The van der Waals surface area contributed by atoms with Crippen molar-refractivity contribution in [3.8, 4) is 22.3 Å². The molecule has 5 heteroatoms. The lowest BCUT2D eigenvalue weighted by Gasteiger charge is -2.17. The van der Waals surface area contributed by atoms with Crippen molar-refractivity contribution in [2.45, 2.75) is 32.4 Å². The maximum absolute atomic E-state index is 13.1. The molecule has 1 unspecified atom stereocenters. The minimum Gasteiger partial charge on any atom is -0.481 e. The van der Waals surface area contributed by atoms with Gasteiger partial charge in [-0.05, 0) is 69.5 Å². The van der Waals surface area contributed by atoms with Gasteiger partial charge in [0.25, 0.3) is 0 Å². The Hall–Kier alpha value is -4.12. The number of benzene rings is 4. The summed E-state index contributed by atoms with van der Waals surface area (Å²) in [5, 5.41) is 9.94. The van der Waals surface area contributed by atoms with Gasteiger partial charge >= 0.3 is 12.1 Å². The summed E-state index contributed by atoms with van der Waals surface area (Å²) in [7, 11) is 0. The van der Waals surface area contributed by atoms with Gasteiger partial charge in [-0.2, -0.15) is 13.2 Å². The van der Waals surface area contributed by atoms with Crippen LogP contribution in [0, 0.1) is 5.92 Å². The molecule has 0 fully saturated rings. The predicted octanol–water partition coefficient (Wildman–Crippen LogP) is 9.42. The summed E-state index contributed by atoms with van der Waals surface area (Å²) in [4.78, 5) is 12.1. The van der Waals surface area contributed by atoms with Crippen LogP contribution in [-0.2, 0) is 11.0 Å². The highest BCUT2D eigenvalue weighted by Crippen LogP contribution is 2.34. The lowest BCUT2D eigenvalue weighted by Crippen LogP contribution is -2.14. The van der Waals surface area contributed by atoms with Crippen LogP contribution < -0.4 is 0 Å². The van der Waals surface area contributed by atoms with Crippen LogP contribution in [0.15, 0.2) is 97.1 Å². The molecule has 0 amide bonds. The molecule has 0 saturated carbocycles. The van der Waals surface area contributed by atoms with Crippen molar-refractivity contribution in [3.63, 3.8) is 0 Å². The number of hydrogen-bond donors (Lipinski definition) is 1. The van der Waals surface area contributed by atoms with Gasteiger partial charge in [0.2, 0.25) is 0 Å². The van der Waals surface area contributed by atoms with Crippen molar-refractivity contribution in [2.75, 3.05) is 0 Å². The molecule has 0 radical (unpaired) electrons. The third kappa shape index (κ3) is 6.80. The quantitative estimate of drug-likeness (QED) is 0.238. The highest BCUT2D eigenvalue weighted by molar-refractivity contribution is 5.80. The topological polar surface area (TPSA) is 37.3 Å². The molecule has 0 heterocycles. The Bertz CT molecular complexity index is 1400. The van der Waals surface area contributed by atoms with Gasteiger partial charge in [0, 0.05) is 0 Å². The standard InChI is InChI=1S/C33H29F3O2/c1-22(2)18-31(32(37)38)29-20-24(19-28(21-29)27-14-16-30(17-15-27)33(34,35)36)9-8-23-10-12-26(13-11-23)25-6-4-3-5-7-25/h3-17,19-22,31H,18H2,1-2H3,(H,37,38)/b9-8+. The average Bonchev–Trinajstić information content (AvgIpc) is 2.90. The first kappa shape index (κ1) is 26.9. The second kappa shape index (κ2) is 11.5. The summed E-state index contributed by atoms with van der Waals surface area (Å²) in [6.07, 6.45) is -0.114. The van der Waals surface area contributed by atoms with E-state index in [0.29, 0.717) is 23.1 Å². The Kier molecular flexibility index (Phi) is 8.16. The second-order valence-electron chi connectivity index (χ2n) is 9.81. The fraction of sp³-hybridized carbons (Fsp3) is 0.182. The molecular formula is C33H29F3O2. The van der Waals surface area contributed by atoms with Gasteiger partial charge in [-0.15, -0.1) is 0 Å². The minimum atomic E-state index is -4.42. The highest BCUT2D eigenvalue weighted by Gasteiger charge is 2.30. The van der Waals surface area contributed by atoms with Crippen LogP contribution in [0.25, 0.3) is 34.4 Å². The Morgan fingerprint density at radius 3 is 1.87 bits per heavy atom. The Balaban J connectivity index is 1.70. The van der Waals surface area contributed by atoms with Gasteiger partial charge < -0.3 is 5.11 Å². The van der Waals surface area contributed by atoms with E-state index in [1.807, 2.05) is 80.6 Å². The zero-order chi connectivity index (χ0) is 27.3. The van der Waals surface area contributed by atoms with Crippen LogP contribution in [-0.4, -0.2) is 11.1 Å². The van der Waals surface area contributed by atoms with E-state index < -0.39 is 23.6 Å². The van der Waals surface area contributed by atoms with Crippen molar-refractivity contribution < 1.29 is 23.1 Å². The molecule has 1 N–H and O–H groups in total. The van der Waals surface area contributed by atoms with E-state index in [9.17, 15) is 23.1 Å². The number of hydrogen-bond acceptors (Lipinski definition) is 1. The zero-order valence-corrected chi connectivity index (χ0v) is 21.2. The fourth-order valence-corrected chi connectivity index (χ4v) is 4.45. The van der Waals surface area contributed by atoms with Crippen LogP contribution in [0.4, 0.5) is 13.2 Å². The summed E-state index contributed by atoms with van der Waals surface area (Å²) in [5.74, 6) is -1.48. The zero-order valence-electron chi connectivity index (χ0n) is 21.2. The molecule has 4 aromatic carbocycles. The second-order valence-corrected chi connectivity index (χ2v) is 9.81. The smallest absolute Gasteiger partial charge is 0.416 e. The molecule has 4 rings (SSSR count). The molecule has 0 aliphatic rings. The van der Waals surface area contributed by atoms with Crippen molar-refractivity contribution >= 4 is 18.1 Å². The molecule has 0 bridgehead atoms. The third-order valence-corrected chi connectivity index (χ3v) is 6.42. The first-order valence-electron chi connectivity index (χ1n) is 12.5. The van der Waals surface area contributed by atoms with Crippen LogP contribution in [0.3, 0.4) is 0 Å². The predicted molar refractivity (Wildman–Crippen MR) is 148 cm³/mol. The molecule has 0 aromatic heterocycles. The molecule has 0 spiro atoms. The Morgan fingerprint density at radius 1 is 0.737 bits per heavy atom. The van der Waals surface area contributed by atoms with Gasteiger partial charge in [-0.1, -0.05) is 105 Å². The van der Waals surface area contributed by atoms with Gasteiger partial charge in [0.15, 0.2) is 0 Å². The largest absolute Gasteiger partial charge is 0.481 e. The van der Waals surface area contributed by atoms with E-state index in [2.05, 4.69) is 12.1 Å².